The van der Waals surface area contributed by atoms with Crippen molar-refractivity contribution in [2.75, 3.05) is 38.6 Å². The molecule has 0 aromatic heterocycles. The van der Waals surface area contributed by atoms with E-state index in [9.17, 15) is 8.42 Å². The summed E-state index contributed by atoms with van der Waals surface area (Å²) in [6, 6.07) is 0.471. The minimum absolute atomic E-state index is 0.199. The van der Waals surface area contributed by atoms with Crippen molar-refractivity contribution < 1.29 is 13.2 Å². The first-order valence-corrected chi connectivity index (χ1v) is 9.40. The Bertz CT molecular complexity index is 393. The topological polar surface area (TPSA) is 58.6 Å². The summed E-state index contributed by atoms with van der Waals surface area (Å²) < 4.78 is 31.2. The molecule has 5 nitrogen and oxygen atoms in total. The van der Waals surface area contributed by atoms with E-state index in [1.807, 2.05) is 0 Å². The standard InChI is InChI=1S/C14H28N2O3S/c1-12-4-3-5-14(13(12)2)15-6-11-20(17,18)16-7-9-19-10-8-16/h12-15H,3-11H2,1-2H3/t12-,13-,14+/m1/s1. The molecular formula is C14H28N2O3S. The van der Waals surface area contributed by atoms with Gasteiger partial charge in [-0.15, -0.1) is 0 Å². The average molecular weight is 304 g/mol. The number of nitrogens with zero attached hydrogens (tertiary/aromatic N) is 1. The Balaban J connectivity index is 1.77. The molecule has 1 saturated carbocycles. The van der Waals surface area contributed by atoms with Crippen molar-refractivity contribution in [1.82, 2.24) is 9.62 Å². The maximum absolute atomic E-state index is 12.2. The number of nitrogens with one attached hydrogen (secondary N) is 1. The van der Waals surface area contributed by atoms with Crippen LogP contribution in [0.25, 0.3) is 0 Å². The van der Waals surface area contributed by atoms with E-state index in [-0.39, 0.29) is 5.75 Å². The molecule has 2 fully saturated rings. The second-order valence-corrected chi connectivity index (χ2v) is 8.24. The highest BCUT2D eigenvalue weighted by Gasteiger charge is 2.28. The largest absolute Gasteiger partial charge is 0.379 e. The molecule has 1 heterocycles. The zero-order chi connectivity index (χ0) is 14.6. The number of rotatable bonds is 5. The van der Waals surface area contributed by atoms with Crippen LogP contribution in [0.1, 0.15) is 33.1 Å². The van der Waals surface area contributed by atoms with Crippen LogP contribution in [0.15, 0.2) is 0 Å². The molecule has 1 aliphatic carbocycles. The van der Waals surface area contributed by atoms with Crippen LogP contribution in [0.3, 0.4) is 0 Å². The van der Waals surface area contributed by atoms with E-state index in [1.165, 1.54) is 19.3 Å². The maximum atomic E-state index is 12.2. The summed E-state index contributed by atoms with van der Waals surface area (Å²) in [5.41, 5.74) is 0. The van der Waals surface area contributed by atoms with Crippen molar-refractivity contribution in [2.24, 2.45) is 11.8 Å². The molecule has 1 saturated heterocycles. The van der Waals surface area contributed by atoms with Gasteiger partial charge in [-0.05, 0) is 18.3 Å². The first-order valence-electron chi connectivity index (χ1n) is 7.79. The predicted octanol–water partition coefficient (Wildman–Crippen LogP) is 1.06. The summed E-state index contributed by atoms with van der Waals surface area (Å²) in [5.74, 6) is 1.57. The lowest BCUT2D eigenvalue weighted by molar-refractivity contribution is 0.0730. The highest BCUT2D eigenvalue weighted by Crippen LogP contribution is 2.29. The number of hydrogen-bond donors (Lipinski definition) is 1. The smallest absolute Gasteiger partial charge is 0.215 e. The maximum Gasteiger partial charge on any atom is 0.215 e. The first kappa shape index (κ1) is 16.2. The summed E-state index contributed by atoms with van der Waals surface area (Å²) in [5, 5.41) is 3.46. The van der Waals surface area contributed by atoms with E-state index in [2.05, 4.69) is 19.2 Å². The van der Waals surface area contributed by atoms with E-state index in [0.29, 0.717) is 44.8 Å². The van der Waals surface area contributed by atoms with Gasteiger partial charge in [0, 0.05) is 25.7 Å². The lowest BCUT2D eigenvalue weighted by Crippen LogP contribution is -2.46. The van der Waals surface area contributed by atoms with E-state index in [1.54, 1.807) is 4.31 Å². The fourth-order valence-electron chi connectivity index (χ4n) is 3.20. The lowest BCUT2D eigenvalue weighted by atomic mass is 9.78. The Morgan fingerprint density at radius 2 is 1.90 bits per heavy atom. The molecule has 0 spiro atoms. The highest BCUT2D eigenvalue weighted by molar-refractivity contribution is 7.89. The fourth-order valence-corrected chi connectivity index (χ4v) is 4.54. The lowest BCUT2D eigenvalue weighted by Gasteiger charge is -2.35. The molecule has 0 unspecified atom stereocenters. The molecule has 118 valence electrons. The average Bonchev–Trinajstić information content (AvgIpc) is 2.44. The fraction of sp³-hybridized carbons (Fsp3) is 1.00. The molecule has 0 bridgehead atoms. The molecule has 0 radical (unpaired) electrons. The summed E-state index contributed by atoms with van der Waals surface area (Å²) in [6.45, 7) is 7.16. The van der Waals surface area contributed by atoms with Crippen molar-refractivity contribution in [2.45, 2.75) is 39.2 Å². The van der Waals surface area contributed by atoms with Crippen LogP contribution in [0.5, 0.6) is 0 Å². The van der Waals surface area contributed by atoms with Crippen LogP contribution in [-0.4, -0.2) is 57.4 Å². The third-order valence-electron chi connectivity index (χ3n) is 4.84. The van der Waals surface area contributed by atoms with Crippen LogP contribution >= 0.6 is 0 Å². The number of sulfonamides is 1. The first-order chi connectivity index (χ1) is 9.50. The molecule has 0 amide bonds. The van der Waals surface area contributed by atoms with Crippen molar-refractivity contribution in [3.05, 3.63) is 0 Å². The highest BCUT2D eigenvalue weighted by atomic mass is 32.2. The van der Waals surface area contributed by atoms with E-state index < -0.39 is 10.0 Å². The summed E-state index contributed by atoms with van der Waals surface area (Å²) >= 11 is 0. The predicted molar refractivity (Wildman–Crippen MR) is 80.1 cm³/mol. The minimum atomic E-state index is -3.12. The van der Waals surface area contributed by atoms with Gasteiger partial charge >= 0.3 is 0 Å². The van der Waals surface area contributed by atoms with Crippen molar-refractivity contribution in [1.29, 1.82) is 0 Å². The molecule has 6 heteroatoms. The molecule has 0 aromatic rings. The van der Waals surface area contributed by atoms with Gasteiger partial charge in [0.1, 0.15) is 0 Å². The second kappa shape index (κ2) is 7.20. The second-order valence-electron chi connectivity index (χ2n) is 6.16. The number of ether oxygens (including phenoxy) is 1. The third-order valence-corrected chi connectivity index (χ3v) is 6.71. The quantitative estimate of drug-likeness (QED) is 0.825. The summed E-state index contributed by atoms with van der Waals surface area (Å²) in [7, 11) is -3.12. The Morgan fingerprint density at radius 1 is 1.20 bits per heavy atom. The van der Waals surface area contributed by atoms with Gasteiger partial charge in [0.25, 0.3) is 0 Å². The van der Waals surface area contributed by atoms with Crippen molar-refractivity contribution in [3.8, 4) is 0 Å². The molecule has 2 aliphatic rings. The molecule has 20 heavy (non-hydrogen) atoms. The van der Waals surface area contributed by atoms with Gasteiger partial charge in [0.05, 0.1) is 19.0 Å². The van der Waals surface area contributed by atoms with Crippen molar-refractivity contribution >= 4 is 10.0 Å². The summed E-state index contributed by atoms with van der Waals surface area (Å²) in [6.07, 6.45) is 3.72. The Kier molecular flexibility index (Phi) is 5.84. The molecule has 2 rings (SSSR count). The molecule has 0 aromatic carbocycles. The third kappa shape index (κ3) is 4.16. The van der Waals surface area contributed by atoms with Gasteiger partial charge in [-0.3, -0.25) is 0 Å². The van der Waals surface area contributed by atoms with Crippen LogP contribution in [0.2, 0.25) is 0 Å². The zero-order valence-corrected chi connectivity index (χ0v) is 13.5. The van der Waals surface area contributed by atoms with Gasteiger partial charge in [-0.25, -0.2) is 8.42 Å². The monoisotopic (exact) mass is 304 g/mol. The summed E-state index contributed by atoms with van der Waals surface area (Å²) in [4.78, 5) is 0. The van der Waals surface area contributed by atoms with Gasteiger partial charge in [-0.2, -0.15) is 4.31 Å². The molecule has 1 N–H and O–H groups in total. The van der Waals surface area contributed by atoms with Crippen LogP contribution in [0.4, 0.5) is 0 Å². The Hall–Kier alpha value is -0.170. The number of hydrogen-bond acceptors (Lipinski definition) is 4. The Labute approximate surface area is 123 Å². The van der Waals surface area contributed by atoms with Gasteiger partial charge < -0.3 is 10.1 Å². The minimum Gasteiger partial charge on any atom is -0.379 e. The zero-order valence-electron chi connectivity index (χ0n) is 12.7. The van der Waals surface area contributed by atoms with Crippen molar-refractivity contribution in [3.63, 3.8) is 0 Å². The van der Waals surface area contributed by atoms with Crippen LogP contribution in [0, 0.1) is 11.8 Å². The SMILES string of the molecule is C[C@@H]1[C@H](C)CCC[C@@H]1NCCS(=O)(=O)N1CCOCC1. The van der Waals surface area contributed by atoms with E-state index in [4.69, 9.17) is 4.74 Å². The van der Waals surface area contributed by atoms with E-state index in [0.717, 1.165) is 5.92 Å². The van der Waals surface area contributed by atoms with E-state index >= 15 is 0 Å². The van der Waals surface area contributed by atoms with Gasteiger partial charge in [0.15, 0.2) is 0 Å². The van der Waals surface area contributed by atoms with Crippen LogP contribution < -0.4 is 5.32 Å². The number of morpholine rings is 1. The normalized spacial score (nSPS) is 33.2. The molecule has 1 aliphatic heterocycles. The molecule has 3 atom stereocenters. The molecular weight excluding hydrogens is 276 g/mol. The van der Waals surface area contributed by atoms with Gasteiger partial charge in [-0.1, -0.05) is 26.7 Å². The van der Waals surface area contributed by atoms with Crippen LogP contribution in [-0.2, 0) is 14.8 Å². The Morgan fingerprint density at radius 3 is 2.60 bits per heavy atom. The van der Waals surface area contributed by atoms with Gasteiger partial charge in [0.2, 0.25) is 10.0 Å².